The number of ether oxygens (including phenoxy) is 1. The summed E-state index contributed by atoms with van der Waals surface area (Å²) in [4.78, 5) is 16.3. The highest BCUT2D eigenvalue weighted by atomic mass is 79.9. The quantitative estimate of drug-likeness (QED) is 0.646. The predicted octanol–water partition coefficient (Wildman–Crippen LogP) is 4.49. The lowest BCUT2D eigenvalue weighted by Gasteiger charge is -2.09. The smallest absolute Gasteiger partial charge is 0.254 e. The molecule has 3 aromatic rings. The molecule has 1 N–H and O–H groups in total. The minimum Gasteiger partial charge on any atom is -0.473 e. The molecule has 0 unspecified atom stereocenters. The van der Waals surface area contributed by atoms with Gasteiger partial charge < -0.3 is 10.1 Å². The Balaban J connectivity index is 1.60. The molecule has 0 atom stereocenters. The van der Waals surface area contributed by atoms with Crippen molar-refractivity contribution in [1.82, 2.24) is 10.3 Å². The number of rotatable bonds is 6. The van der Waals surface area contributed by atoms with E-state index in [9.17, 15) is 9.18 Å². The first kappa shape index (κ1) is 18.1. The summed E-state index contributed by atoms with van der Waals surface area (Å²) in [5.41, 5.74) is 1.85. The van der Waals surface area contributed by atoms with Crippen LogP contribution in [0.5, 0.6) is 5.88 Å². The molecule has 0 aliphatic carbocycles. The van der Waals surface area contributed by atoms with Gasteiger partial charge in [0.25, 0.3) is 5.91 Å². The van der Waals surface area contributed by atoms with Crippen molar-refractivity contribution in [3.63, 3.8) is 0 Å². The van der Waals surface area contributed by atoms with Crippen molar-refractivity contribution >= 4 is 21.8 Å². The fourth-order valence-electron chi connectivity index (χ4n) is 2.32. The van der Waals surface area contributed by atoms with E-state index in [-0.39, 0.29) is 12.1 Å². The van der Waals surface area contributed by atoms with Crippen molar-refractivity contribution in [1.29, 1.82) is 0 Å². The van der Waals surface area contributed by atoms with Crippen molar-refractivity contribution in [3.05, 3.63) is 93.8 Å². The van der Waals surface area contributed by atoms with Crippen LogP contribution in [0, 0.1) is 5.82 Å². The van der Waals surface area contributed by atoms with Crippen LogP contribution in [-0.2, 0) is 13.2 Å². The van der Waals surface area contributed by atoms with Crippen molar-refractivity contribution in [2.24, 2.45) is 0 Å². The average Bonchev–Trinajstić information content (AvgIpc) is 2.67. The lowest BCUT2D eigenvalue weighted by molar-refractivity contribution is 0.0946. The summed E-state index contributed by atoms with van der Waals surface area (Å²) >= 11 is 3.24. The fraction of sp³-hybridized carbons (Fsp3) is 0.100. The molecule has 26 heavy (non-hydrogen) atoms. The third kappa shape index (κ3) is 4.89. The largest absolute Gasteiger partial charge is 0.473 e. The molecule has 0 radical (unpaired) electrons. The van der Waals surface area contributed by atoms with Gasteiger partial charge in [-0.15, -0.1) is 0 Å². The highest BCUT2D eigenvalue weighted by molar-refractivity contribution is 9.10. The molecule has 0 aliphatic rings. The van der Waals surface area contributed by atoms with Gasteiger partial charge in [-0.3, -0.25) is 4.79 Å². The summed E-state index contributed by atoms with van der Waals surface area (Å²) < 4.78 is 20.1. The molecule has 4 nitrogen and oxygen atoms in total. The van der Waals surface area contributed by atoms with Crippen LogP contribution >= 0.6 is 15.9 Å². The first-order valence-corrected chi connectivity index (χ1v) is 8.76. The Hall–Kier alpha value is -2.73. The van der Waals surface area contributed by atoms with Crippen LogP contribution < -0.4 is 10.1 Å². The second-order valence-corrected chi connectivity index (χ2v) is 6.50. The number of halogens is 2. The van der Waals surface area contributed by atoms with E-state index in [1.54, 1.807) is 24.4 Å². The molecule has 3 rings (SSSR count). The maximum atomic E-state index is 13.8. The number of amides is 1. The molecule has 0 bridgehead atoms. The number of aromatic nitrogens is 1. The minimum atomic E-state index is -0.563. The average molecular weight is 415 g/mol. The number of nitrogens with one attached hydrogen (secondary N) is 1. The molecule has 0 saturated carbocycles. The molecule has 0 aliphatic heterocycles. The van der Waals surface area contributed by atoms with Gasteiger partial charge in [-0.25, -0.2) is 9.37 Å². The van der Waals surface area contributed by atoms with Gasteiger partial charge in [0.2, 0.25) is 5.88 Å². The topological polar surface area (TPSA) is 51.2 Å². The first-order valence-electron chi connectivity index (χ1n) is 7.97. The monoisotopic (exact) mass is 414 g/mol. The molecule has 1 amide bonds. The van der Waals surface area contributed by atoms with Gasteiger partial charge in [0.05, 0.1) is 5.56 Å². The van der Waals surface area contributed by atoms with Crippen molar-refractivity contribution in [3.8, 4) is 5.88 Å². The summed E-state index contributed by atoms with van der Waals surface area (Å²) in [6.45, 7) is 0.655. The van der Waals surface area contributed by atoms with Crippen LogP contribution in [0.2, 0.25) is 0 Å². The van der Waals surface area contributed by atoms with Crippen LogP contribution in [0.25, 0.3) is 0 Å². The van der Waals surface area contributed by atoms with Crippen LogP contribution in [0.1, 0.15) is 21.5 Å². The Labute approximate surface area is 159 Å². The Morgan fingerprint density at radius 3 is 2.69 bits per heavy atom. The maximum Gasteiger partial charge on any atom is 0.254 e. The van der Waals surface area contributed by atoms with E-state index in [0.717, 1.165) is 11.1 Å². The van der Waals surface area contributed by atoms with Gasteiger partial charge in [0.15, 0.2) is 0 Å². The Morgan fingerprint density at radius 1 is 1.08 bits per heavy atom. The second-order valence-electron chi connectivity index (χ2n) is 5.58. The van der Waals surface area contributed by atoms with Gasteiger partial charge in [0, 0.05) is 23.3 Å². The number of hydrogen-bond donors (Lipinski definition) is 1. The van der Waals surface area contributed by atoms with Crippen molar-refractivity contribution in [2.45, 2.75) is 13.2 Å². The normalized spacial score (nSPS) is 10.4. The molecule has 2 aromatic carbocycles. The van der Waals surface area contributed by atoms with Crippen molar-refractivity contribution in [2.75, 3.05) is 0 Å². The van der Waals surface area contributed by atoms with E-state index in [4.69, 9.17) is 4.74 Å². The van der Waals surface area contributed by atoms with Gasteiger partial charge in [-0.1, -0.05) is 46.3 Å². The van der Waals surface area contributed by atoms with Crippen LogP contribution in [0.15, 0.2) is 71.3 Å². The van der Waals surface area contributed by atoms with Gasteiger partial charge in [-0.2, -0.15) is 0 Å². The molecule has 6 heteroatoms. The fourth-order valence-corrected chi connectivity index (χ4v) is 2.68. The number of benzene rings is 2. The zero-order valence-corrected chi connectivity index (χ0v) is 15.4. The van der Waals surface area contributed by atoms with E-state index in [1.165, 1.54) is 12.1 Å². The lowest BCUT2D eigenvalue weighted by Crippen LogP contribution is -2.23. The van der Waals surface area contributed by atoms with Crippen LogP contribution in [-0.4, -0.2) is 10.9 Å². The van der Waals surface area contributed by atoms with E-state index in [0.29, 0.717) is 17.0 Å². The Morgan fingerprint density at radius 2 is 1.88 bits per heavy atom. The van der Waals surface area contributed by atoms with E-state index < -0.39 is 11.7 Å². The molecular weight excluding hydrogens is 399 g/mol. The zero-order chi connectivity index (χ0) is 18.4. The summed E-state index contributed by atoms with van der Waals surface area (Å²) in [7, 11) is 0. The number of hydrogen-bond acceptors (Lipinski definition) is 3. The molecule has 132 valence electrons. The maximum absolute atomic E-state index is 13.8. The summed E-state index contributed by atoms with van der Waals surface area (Å²) in [6.07, 6.45) is 1.61. The molecule has 0 spiro atoms. The van der Waals surface area contributed by atoms with Crippen molar-refractivity contribution < 1.29 is 13.9 Å². The van der Waals surface area contributed by atoms with Gasteiger partial charge in [0.1, 0.15) is 12.4 Å². The zero-order valence-electron chi connectivity index (χ0n) is 13.8. The molecule has 1 aromatic heterocycles. The Bertz CT molecular complexity index is 903. The second kappa shape index (κ2) is 8.58. The van der Waals surface area contributed by atoms with Gasteiger partial charge >= 0.3 is 0 Å². The van der Waals surface area contributed by atoms with Crippen LogP contribution in [0.4, 0.5) is 4.39 Å². The molecule has 1 heterocycles. The Kier molecular flexibility index (Phi) is 5.96. The van der Waals surface area contributed by atoms with Crippen LogP contribution in [0.3, 0.4) is 0 Å². The summed E-state index contributed by atoms with van der Waals surface area (Å²) in [6, 6.07) is 17.5. The van der Waals surface area contributed by atoms with E-state index in [1.807, 2.05) is 30.3 Å². The number of pyridine rings is 1. The predicted molar refractivity (Wildman–Crippen MR) is 100 cm³/mol. The first-order chi connectivity index (χ1) is 12.6. The SMILES string of the molecule is O=C(NCc1ccnc(OCc2ccccc2)c1)c1cc(Br)ccc1F. The number of nitrogens with zero attached hydrogens (tertiary/aromatic N) is 1. The highest BCUT2D eigenvalue weighted by Crippen LogP contribution is 2.16. The minimum absolute atomic E-state index is 0.00557. The van der Waals surface area contributed by atoms with E-state index >= 15 is 0 Å². The molecule has 0 fully saturated rings. The number of carbonyl (C=O) groups excluding carboxylic acids is 1. The molecular formula is C20H16BrFN2O2. The molecule has 0 saturated heterocycles. The lowest BCUT2D eigenvalue weighted by atomic mass is 10.2. The summed E-state index contributed by atoms with van der Waals surface area (Å²) in [5, 5.41) is 2.70. The third-order valence-electron chi connectivity index (χ3n) is 3.65. The third-order valence-corrected chi connectivity index (χ3v) is 4.15. The summed E-state index contributed by atoms with van der Waals surface area (Å²) in [5.74, 6) is -0.575. The van der Waals surface area contributed by atoms with E-state index in [2.05, 4.69) is 26.2 Å². The number of carbonyl (C=O) groups is 1. The van der Waals surface area contributed by atoms with Gasteiger partial charge in [-0.05, 0) is 35.4 Å². The standard InChI is InChI=1S/C20H16BrFN2O2/c21-16-6-7-18(22)17(11-16)20(25)24-12-15-8-9-23-19(10-15)26-13-14-4-2-1-3-5-14/h1-11H,12-13H2,(H,24,25). The highest BCUT2D eigenvalue weighted by Gasteiger charge is 2.12.